The van der Waals surface area contributed by atoms with Crippen molar-refractivity contribution in [3.8, 4) is 16.9 Å². The zero-order valence-corrected chi connectivity index (χ0v) is 11.5. The van der Waals surface area contributed by atoms with Gasteiger partial charge in [-0.2, -0.15) is 5.10 Å². The van der Waals surface area contributed by atoms with E-state index < -0.39 is 5.91 Å². The monoisotopic (exact) mass is 259 g/mol. The van der Waals surface area contributed by atoms with Gasteiger partial charge in [0.25, 0.3) is 0 Å². The van der Waals surface area contributed by atoms with Gasteiger partial charge < -0.3 is 10.5 Å². The maximum atomic E-state index is 11.6. The van der Waals surface area contributed by atoms with E-state index in [4.69, 9.17) is 10.5 Å². The first-order valence-corrected chi connectivity index (χ1v) is 5.94. The zero-order valence-electron chi connectivity index (χ0n) is 11.5. The fourth-order valence-corrected chi connectivity index (χ4v) is 2.24. The van der Waals surface area contributed by atoms with Crippen LogP contribution < -0.4 is 10.5 Å². The molecule has 5 nitrogen and oxygen atoms in total. The number of nitrogens with zero attached hydrogens (tertiary/aromatic N) is 2. The number of methoxy groups -OCH3 is 1. The van der Waals surface area contributed by atoms with Crippen LogP contribution in [0.15, 0.2) is 18.2 Å². The van der Waals surface area contributed by atoms with Crippen molar-refractivity contribution in [3.05, 3.63) is 35.2 Å². The highest BCUT2D eigenvalue weighted by atomic mass is 16.5. The summed E-state index contributed by atoms with van der Waals surface area (Å²) in [5.74, 6) is 0.133. The SMILES string of the molecule is COc1ccc(-c2c(C)nn(C)c2C)c(C(N)=O)c1. The van der Waals surface area contributed by atoms with Crippen LogP contribution >= 0.6 is 0 Å². The maximum Gasteiger partial charge on any atom is 0.249 e. The number of ether oxygens (including phenoxy) is 1. The number of aromatic nitrogens is 2. The zero-order chi connectivity index (χ0) is 14.2. The molecule has 19 heavy (non-hydrogen) atoms. The molecule has 1 heterocycles. The average Bonchev–Trinajstić information content (AvgIpc) is 2.62. The van der Waals surface area contributed by atoms with Gasteiger partial charge in [0, 0.05) is 18.3 Å². The van der Waals surface area contributed by atoms with Crippen molar-refractivity contribution in [2.75, 3.05) is 7.11 Å². The third kappa shape index (κ3) is 2.19. The van der Waals surface area contributed by atoms with Crippen molar-refractivity contribution in [2.24, 2.45) is 12.8 Å². The molecule has 0 radical (unpaired) electrons. The topological polar surface area (TPSA) is 70.1 Å². The van der Waals surface area contributed by atoms with Crippen LogP contribution in [0.5, 0.6) is 5.75 Å². The van der Waals surface area contributed by atoms with Crippen LogP contribution in [0.25, 0.3) is 11.1 Å². The molecule has 0 aliphatic rings. The molecule has 0 unspecified atom stereocenters. The van der Waals surface area contributed by atoms with E-state index in [1.165, 1.54) is 0 Å². The number of hydrogen-bond acceptors (Lipinski definition) is 3. The van der Waals surface area contributed by atoms with Gasteiger partial charge in [0.2, 0.25) is 5.91 Å². The van der Waals surface area contributed by atoms with Crippen molar-refractivity contribution in [1.82, 2.24) is 9.78 Å². The second kappa shape index (κ2) is 4.76. The van der Waals surface area contributed by atoms with E-state index in [0.29, 0.717) is 11.3 Å². The van der Waals surface area contributed by atoms with Crippen molar-refractivity contribution < 1.29 is 9.53 Å². The van der Waals surface area contributed by atoms with Gasteiger partial charge in [-0.3, -0.25) is 9.48 Å². The Kier molecular flexibility index (Phi) is 3.29. The van der Waals surface area contributed by atoms with Crippen LogP contribution in [0.1, 0.15) is 21.7 Å². The molecule has 0 aliphatic carbocycles. The largest absolute Gasteiger partial charge is 0.497 e. The van der Waals surface area contributed by atoms with Gasteiger partial charge in [0.1, 0.15) is 5.75 Å². The lowest BCUT2D eigenvalue weighted by atomic mass is 9.97. The Morgan fingerprint density at radius 3 is 2.53 bits per heavy atom. The number of rotatable bonds is 3. The third-order valence-corrected chi connectivity index (χ3v) is 3.27. The van der Waals surface area contributed by atoms with E-state index >= 15 is 0 Å². The number of hydrogen-bond donors (Lipinski definition) is 1. The first kappa shape index (κ1) is 13.1. The van der Waals surface area contributed by atoms with Gasteiger partial charge in [0.15, 0.2) is 0 Å². The number of primary amides is 1. The molecule has 0 spiro atoms. The molecule has 0 aliphatic heterocycles. The summed E-state index contributed by atoms with van der Waals surface area (Å²) in [4.78, 5) is 11.6. The second-order valence-corrected chi connectivity index (χ2v) is 4.45. The molecule has 0 saturated heterocycles. The van der Waals surface area contributed by atoms with Crippen LogP contribution in [0.2, 0.25) is 0 Å². The van der Waals surface area contributed by atoms with Gasteiger partial charge in [-0.05, 0) is 37.6 Å². The summed E-state index contributed by atoms with van der Waals surface area (Å²) in [6.45, 7) is 3.88. The van der Waals surface area contributed by atoms with Gasteiger partial charge >= 0.3 is 0 Å². The molecular formula is C14H17N3O2. The van der Waals surface area contributed by atoms with Crippen molar-refractivity contribution >= 4 is 5.91 Å². The van der Waals surface area contributed by atoms with E-state index in [1.54, 1.807) is 17.9 Å². The highest BCUT2D eigenvalue weighted by Gasteiger charge is 2.18. The number of carbonyl (C=O) groups is 1. The lowest BCUT2D eigenvalue weighted by Gasteiger charge is -2.09. The van der Waals surface area contributed by atoms with Crippen LogP contribution in [-0.4, -0.2) is 22.8 Å². The normalized spacial score (nSPS) is 10.5. The minimum Gasteiger partial charge on any atom is -0.497 e. The molecule has 0 bridgehead atoms. The molecule has 2 N–H and O–H groups in total. The summed E-state index contributed by atoms with van der Waals surface area (Å²) in [6, 6.07) is 5.31. The molecular weight excluding hydrogens is 242 g/mol. The third-order valence-electron chi connectivity index (χ3n) is 3.27. The molecule has 2 rings (SSSR count). The van der Waals surface area contributed by atoms with Crippen LogP contribution in [0.3, 0.4) is 0 Å². The lowest BCUT2D eigenvalue weighted by Crippen LogP contribution is -2.13. The summed E-state index contributed by atoms with van der Waals surface area (Å²) in [5, 5.41) is 4.36. The van der Waals surface area contributed by atoms with Crippen LogP contribution in [0.4, 0.5) is 0 Å². The molecule has 5 heteroatoms. The maximum absolute atomic E-state index is 11.6. The molecule has 0 saturated carbocycles. The quantitative estimate of drug-likeness (QED) is 0.913. The van der Waals surface area contributed by atoms with Gasteiger partial charge in [0.05, 0.1) is 18.4 Å². The summed E-state index contributed by atoms with van der Waals surface area (Å²) >= 11 is 0. The molecule has 1 aromatic carbocycles. The van der Waals surface area contributed by atoms with Crippen molar-refractivity contribution in [3.63, 3.8) is 0 Å². The Hall–Kier alpha value is -2.30. The Bertz CT molecular complexity index is 644. The summed E-state index contributed by atoms with van der Waals surface area (Å²) in [5.41, 5.74) is 9.49. The smallest absolute Gasteiger partial charge is 0.249 e. The number of nitrogens with two attached hydrogens (primary N) is 1. The Labute approximate surface area is 112 Å². The van der Waals surface area contributed by atoms with E-state index in [2.05, 4.69) is 5.10 Å². The number of aryl methyl sites for hydroxylation is 2. The van der Waals surface area contributed by atoms with Crippen molar-refractivity contribution in [2.45, 2.75) is 13.8 Å². The highest BCUT2D eigenvalue weighted by molar-refractivity contribution is 6.00. The van der Waals surface area contributed by atoms with E-state index in [0.717, 1.165) is 22.5 Å². The molecule has 2 aromatic rings. The van der Waals surface area contributed by atoms with Gasteiger partial charge in [-0.1, -0.05) is 0 Å². The standard InChI is InChI=1S/C14H17N3O2/c1-8-13(9(2)17(3)16-8)11-6-5-10(19-4)7-12(11)14(15)18/h5-7H,1-4H3,(H2,15,18). The Morgan fingerprint density at radius 1 is 1.37 bits per heavy atom. The Morgan fingerprint density at radius 2 is 2.05 bits per heavy atom. The van der Waals surface area contributed by atoms with E-state index in [1.807, 2.05) is 33.0 Å². The summed E-state index contributed by atoms with van der Waals surface area (Å²) < 4.78 is 6.92. The van der Waals surface area contributed by atoms with E-state index in [-0.39, 0.29) is 0 Å². The fourth-order valence-electron chi connectivity index (χ4n) is 2.24. The molecule has 1 aromatic heterocycles. The number of benzene rings is 1. The molecule has 0 atom stereocenters. The van der Waals surface area contributed by atoms with Crippen LogP contribution in [0, 0.1) is 13.8 Å². The minimum atomic E-state index is -0.475. The fraction of sp³-hybridized carbons (Fsp3) is 0.286. The summed E-state index contributed by atoms with van der Waals surface area (Å²) in [7, 11) is 3.43. The number of carbonyl (C=O) groups excluding carboxylic acids is 1. The molecule has 0 fully saturated rings. The average molecular weight is 259 g/mol. The first-order chi connectivity index (χ1) is 8.95. The second-order valence-electron chi connectivity index (χ2n) is 4.45. The minimum absolute atomic E-state index is 0.443. The predicted molar refractivity (Wildman–Crippen MR) is 73.2 cm³/mol. The first-order valence-electron chi connectivity index (χ1n) is 5.94. The summed E-state index contributed by atoms with van der Waals surface area (Å²) in [6.07, 6.45) is 0. The van der Waals surface area contributed by atoms with Crippen LogP contribution in [-0.2, 0) is 7.05 Å². The van der Waals surface area contributed by atoms with Gasteiger partial charge in [-0.25, -0.2) is 0 Å². The van der Waals surface area contributed by atoms with E-state index in [9.17, 15) is 4.79 Å². The molecule has 1 amide bonds. The lowest BCUT2D eigenvalue weighted by molar-refractivity contribution is 0.100. The Balaban J connectivity index is 2.71. The van der Waals surface area contributed by atoms with Gasteiger partial charge in [-0.15, -0.1) is 0 Å². The number of amides is 1. The highest BCUT2D eigenvalue weighted by Crippen LogP contribution is 2.31. The van der Waals surface area contributed by atoms with Crippen molar-refractivity contribution in [1.29, 1.82) is 0 Å². The predicted octanol–water partition coefficient (Wildman–Crippen LogP) is 1.81. The molecule has 100 valence electrons.